The fourth-order valence-electron chi connectivity index (χ4n) is 2.52. The largest absolute Gasteiger partial charge is 0.381 e. The number of aromatic nitrogens is 2. The lowest BCUT2D eigenvalue weighted by Gasteiger charge is -2.32. The van der Waals surface area contributed by atoms with Crippen LogP contribution in [0.1, 0.15) is 25.3 Å². The van der Waals surface area contributed by atoms with Crippen molar-refractivity contribution in [3.8, 4) is 0 Å². The number of nitrogens with one attached hydrogen (secondary N) is 1. The Labute approximate surface area is 118 Å². The summed E-state index contributed by atoms with van der Waals surface area (Å²) < 4.78 is 7.28. The molecule has 3 rings (SSSR count). The summed E-state index contributed by atoms with van der Waals surface area (Å²) in [6.07, 6.45) is 7.15. The van der Waals surface area contributed by atoms with Crippen molar-refractivity contribution in [3.05, 3.63) is 36.4 Å². The van der Waals surface area contributed by atoms with Gasteiger partial charge in [0.15, 0.2) is 0 Å². The summed E-state index contributed by atoms with van der Waals surface area (Å²) in [5, 5.41) is 3.04. The predicted octanol–water partition coefficient (Wildman–Crippen LogP) is 1.77. The molecular formula is C15H19N3O2. The summed E-state index contributed by atoms with van der Waals surface area (Å²) in [6, 6.07) is 4.02. The first-order valence-electron chi connectivity index (χ1n) is 6.94. The van der Waals surface area contributed by atoms with Crippen LogP contribution in [0.3, 0.4) is 0 Å². The molecule has 5 heteroatoms. The van der Waals surface area contributed by atoms with Crippen molar-refractivity contribution in [2.24, 2.45) is 5.41 Å². The van der Waals surface area contributed by atoms with Crippen LogP contribution >= 0.6 is 0 Å². The molecule has 1 aliphatic heterocycles. The first kappa shape index (κ1) is 13.1. The Kier molecular flexibility index (Phi) is 3.44. The molecule has 1 amide bonds. The average Bonchev–Trinajstić information content (AvgIpc) is 2.93. The van der Waals surface area contributed by atoms with Crippen molar-refractivity contribution in [1.82, 2.24) is 14.7 Å². The van der Waals surface area contributed by atoms with Gasteiger partial charge in [0.1, 0.15) is 0 Å². The highest BCUT2D eigenvalue weighted by atomic mass is 16.5. The van der Waals surface area contributed by atoms with E-state index < -0.39 is 0 Å². The van der Waals surface area contributed by atoms with E-state index in [2.05, 4.69) is 10.3 Å². The topological polar surface area (TPSA) is 55.6 Å². The fraction of sp³-hybridized carbons (Fsp3) is 0.467. The van der Waals surface area contributed by atoms with Crippen LogP contribution in [-0.2, 0) is 16.1 Å². The zero-order valence-corrected chi connectivity index (χ0v) is 11.6. The van der Waals surface area contributed by atoms with Crippen LogP contribution in [0.15, 0.2) is 30.9 Å². The van der Waals surface area contributed by atoms with Crippen LogP contribution in [-0.4, -0.2) is 28.5 Å². The Morgan fingerprint density at radius 2 is 2.25 bits per heavy atom. The maximum Gasteiger partial charge on any atom is 0.226 e. The highest BCUT2D eigenvalue weighted by molar-refractivity contribution is 5.82. The molecule has 0 saturated carbocycles. The lowest BCUT2D eigenvalue weighted by molar-refractivity contribution is -0.135. The highest BCUT2D eigenvalue weighted by Gasteiger charge is 2.34. The van der Waals surface area contributed by atoms with Gasteiger partial charge in [-0.25, -0.2) is 4.98 Å². The summed E-state index contributed by atoms with van der Waals surface area (Å²) in [4.78, 5) is 16.4. The molecule has 0 unspecified atom stereocenters. The molecule has 106 valence electrons. The van der Waals surface area contributed by atoms with E-state index in [1.165, 1.54) is 0 Å². The molecule has 20 heavy (non-hydrogen) atoms. The van der Waals surface area contributed by atoms with Gasteiger partial charge in [-0.2, -0.15) is 0 Å². The molecule has 3 heterocycles. The number of fused-ring (bicyclic) bond motifs is 1. The van der Waals surface area contributed by atoms with Gasteiger partial charge in [-0.1, -0.05) is 13.0 Å². The second-order valence-electron chi connectivity index (χ2n) is 5.62. The van der Waals surface area contributed by atoms with E-state index in [1.807, 2.05) is 35.9 Å². The fourth-order valence-corrected chi connectivity index (χ4v) is 2.52. The monoisotopic (exact) mass is 273 g/mol. The average molecular weight is 273 g/mol. The maximum atomic E-state index is 12.3. The number of rotatable bonds is 3. The van der Waals surface area contributed by atoms with E-state index in [1.54, 1.807) is 6.33 Å². The van der Waals surface area contributed by atoms with E-state index in [0.29, 0.717) is 19.8 Å². The van der Waals surface area contributed by atoms with Crippen molar-refractivity contribution in [2.45, 2.75) is 26.3 Å². The molecule has 0 radical (unpaired) electrons. The van der Waals surface area contributed by atoms with Crippen LogP contribution in [0.2, 0.25) is 0 Å². The van der Waals surface area contributed by atoms with Crippen molar-refractivity contribution < 1.29 is 9.53 Å². The van der Waals surface area contributed by atoms with Crippen LogP contribution in [0.4, 0.5) is 0 Å². The van der Waals surface area contributed by atoms with Gasteiger partial charge in [0, 0.05) is 26.0 Å². The molecule has 0 atom stereocenters. The second-order valence-corrected chi connectivity index (χ2v) is 5.62. The molecule has 0 aliphatic carbocycles. The lowest BCUT2D eigenvalue weighted by Crippen LogP contribution is -2.42. The molecule has 1 aliphatic rings. The number of ether oxygens (including phenoxy) is 1. The minimum atomic E-state index is -0.294. The van der Waals surface area contributed by atoms with Gasteiger partial charge in [-0.3, -0.25) is 4.79 Å². The summed E-state index contributed by atoms with van der Waals surface area (Å²) in [7, 11) is 0. The van der Waals surface area contributed by atoms with E-state index >= 15 is 0 Å². The minimum absolute atomic E-state index is 0.117. The zero-order valence-electron chi connectivity index (χ0n) is 11.6. The van der Waals surface area contributed by atoms with Crippen molar-refractivity contribution in [3.63, 3.8) is 0 Å². The lowest BCUT2D eigenvalue weighted by atomic mass is 9.81. The van der Waals surface area contributed by atoms with E-state index in [0.717, 1.165) is 23.9 Å². The Morgan fingerprint density at radius 3 is 3.05 bits per heavy atom. The summed E-state index contributed by atoms with van der Waals surface area (Å²) in [6.45, 7) is 3.91. The number of carbonyl (C=O) groups is 1. The quantitative estimate of drug-likeness (QED) is 0.927. The van der Waals surface area contributed by atoms with Gasteiger partial charge < -0.3 is 14.5 Å². The SMILES string of the molecule is CC1(C(=O)NCc2ccc3cncn3c2)CCOCC1. The molecule has 5 nitrogen and oxygen atoms in total. The van der Waals surface area contributed by atoms with Crippen LogP contribution in [0.5, 0.6) is 0 Å². The van der Waals surface area contributed by atoms with Crippen LogP contribution < -0.4 is 5.32 Å². The summed E-state index contributed by atoms with van der Waals surface area (Å²) >= 11 is 0. The molecule has 2 aromatic rings. The zero-order chi connectivity index (χ0) is 14.0. The molecule has 1 fully saturated rings. The van der Waals surface area contributed by atoms with Crippen molar-refractivity contribution in [1.29, 1.82) is 0 Å². The molecule has 1 saturated heterocycles. The van der Waals surface area contributed by atoms with Gasteiger partial charge >= 0.3 is 0 Å². The smallest absolute Gasteiger partial charge is 0.226 e. The molecule has 1 N–H and O–H groups in total. The maximum absolute atomic E-state index is 12.3. The van der Waals surface area contributed by atoms with Crippen molar-refractivity contribution >= 4 is 11.4 Å². The Balaban J connectivity index is 1.64. The Bertz CT molecular complexity index is 614. The van der Waals surface area contributed by atoms with Gasteiger partial charge in [-0.05, 0) is 24.5 Å². The molecule has 2 aromatic heterocycles. The number of nitrogens with zero attached hydrogens (tertiary/aromatic N) is 2. The van der Waals surface area contributed by atoms with Crippen LogP contribution in [0.25, 0.3) is 5.52 Å². The van der Waals surface area contributed by atoms with Gasteiger partial charge in [0.25, 0.3) is 0 Å². The van der Waals surface area contributed by atoms with E-state index in [-0.39, 0.29) is 11.3 Å². The van der Waals surface area contributed by atoms with Crippen LogP contribution in [0, 0.1) is 5.41 Å². The molecular weight excluding hydrogens is 254 g/mol. The third kappa shape index (κ3) is 2.54. The number of amides is 1. The number of carbonyl (C=O) groups excluding carboxylic acids is 1. The number of hydrogen-bond donors (Lipinski definition) is 1. The molecule has 0 bridgehead atoms. The normalized spacial score (nSPS) is 18.1. The third-order valence-electron chi connectivity index (χ3n) is 4.07. The van der Waals surface area contributed by atoms with Gasteiger partial charge in [-0.15, -0.1) is 0 Å². The second kappa shape index (κ2) is 5.25. The minimum Gasteiger partial charge on any atom is -0.381 e. The summed E-state index contributed by atoms with van der Waals surface area (Å²) in [5.41, 5.74) is 1.83. The van der Waals surface area contributed by atoms with Gasteiger partial charge in [0.05, 0.1) is 23.5 Å². The number of imidazole rings is 1. The standard InChI is InChI=1S/C15H19N3O2/c1-15(4-6-20-7-5-15)14(19)17-8-12-2-3-13-9-16-11-18(13)10-12/h2-3,9-11H,4-8H2,1H3,(H,17,19). The third-order valence-corrected chi connectivity index (χ3v) is 4.07. The number of pyridine rings is 1. The predicted molar refractivity (Wildman–Crippen MR) is 75.2 cm³/mol. The highest BCUT2D eigenvalue weighted by Crippen LogP contribution is 2.29. The first-order valence-corrected chi connectivity index (χ1v) is 6.94. The molecule has 0 spiro atoms. The first-order chi connectivity index (χ1) is 9.67. The molecule has 0 aromatic carbocycles. The van der Waals surface area contributed by atoms with Gasteiger partial charge in [0.2, 0.25) is 5.91 Å². The Hall–Kier alpha value is -1.88. The summed E-state index contributed by atoms with van der Waals surface area (Å²) in [5.74, 6) is 0.117. The van der Waals surface area contributed by atoms with Crippen molar-refractivity contribution in [2.75, 3.05) is 13.2 Å². The Morgan fingerprint density at radius 1 is 1.45 bits per heavy atom. The number of hydrogen-bond acceptors (Lipinski definition) is 3. The van der Waals surface area contributed by atoms with E-state index in [4.69, 9.17) is 4.74 Å². The van der Waals surface area contributed by atoms with E-state index in [9.17, 15) is 4.79 Å².